The minimum Gasteiger partial charge on any atom is -0.0755 e. The van der Waals surface area contributed by atoms with Gasteiger partial charge in [0.05, 0.1) is 0 Å². The van der Waals surface area contributed by atoms with Crippen LogP contribution in [-0.4, -0.2) is 7.28 Å². The van der Waals surface area contributed by atoms with E-state index in [1.165, 1.54) is 6.42 Å². The topological polar surface area (TPSA) is 0 Å². The lowest BCUT2D eigenvalue weighted by molar-refractivity contribution is 0.582. The molecule has 0 saturated carbocycles. The maximum absolute atomic E-state index is 2.43. The van der Waals surface area contributed by atoms with Crippen LogP contribution in [0.3, 0.4) is 0 Å². The lowest BCUT2D eigenvalue weighted by Gasteiger charge is -2.00. The van der Waals surface area contributed by atoms with Crippen molar-refractivity contribution >= 4 is 7.28 Å². The van der Waals surface area contributed by atoms with Gasteiger partial charge < -0.3 is 0 Å². The molecule has 1 rings (SSSR count). The molecule has 1 fully saturated rings. The van der Waals surface area contributed by atoms with E-state index < -0.39 is 0 Å². The fraction of sp³-hybridized carbons (Fsp3) is 1.00. The van der Waals surface area contributed by atoms with Gasteiger partial charge in [0.25, 0.3) is 0 Å². The third kappa shape index (κ3) is 1.54. The molecule has 0 bridgehead atoms. The second-order valence-corrected chi connectivity index (χ2v) is 3.34. The van der Waals surface area contributed by atoms with Gasteiger partial charge in [0.2, 0.25) is 0 Å². The largest absolute Gasteiger partial charge is 0.116 e. The van der Waals surface area contributed by atoms with Crippen molar-refractivity contribution < 1.29 is 0 Å². The van der Waals surface area contributed by atoms with Crippen LogP contribution in [0.15, 0.2) is 0 Å². The second-order valence-electron chi connectivity index (χ2n) is 3.34. The molecular weight excluding hydrogens is 94.9 g/mol. The molecule has 0 aromatic carbocycles. The Balaban J connectivity index is 2.05. The summed E-state index contributed by atoms with van der Waals surface area (Å²) < 4.78 is 0. The molecule has 8 heavy (non-hydrogen) atoms. The highest BCUT2D eigenvalue weighted by molar-refractivity contribution is 6.53. The molecular formula is C7H14B. The van der Waals surface area contributed by atoms with Gasteiger partial charge in [-0.3, -0.25) is 0 Å². The van der Waals surface area contributed by atoms with Crippen LogP contribution in [0.4, 0.5) is 0 Å². The molecule has 2 atom stereocenters. The predicted octanol–water partition coefficient (Wildman–Crippen LogP) is 2.35. The van der Waals surface area contributed by atoms with E-state index in [0.717, 1.165) is 17.6 Å². The van der Waals surface area contributed by atoms with Crippen molar-refractivity contribution in [3.05, 3.63) is 0 Å². The van der Waals surface area contributed by atoms with Gasteiger partial charge in [0, 0.05) is 0 Å². The lowest BCUT2D eigenvalue weighted by Crippen LogP contribution is -1.84. The molecule has 0 aromatic rings. The van der Waals surface area contributed by atoms with Crippen molar-refractivity contribution in [2.45, 2.75) is 38.8 Å². The predicted molar refractivity (Wildman–Crippen MR) is 38.4 cm³/mol. The summed E-state index contributed by atoms with van der Waals surface area (Å²) >= 11 is 0. The van der Waals surface area contributed by atoms with Crippen molar-refractivity contribution in [2.24, 2.45) is 5.92 Å². The number of hydrogen-bond acceptors (Lipinski definition) is 0. The molecule has 0 aliphatic carbocycles. The molecule has 1 saturated heterocycles. The molecule has 1 heterocycles. The Morgan fingerprint density at radius 2 is 2.00 bits per heavy atom. The molecule has 2 unspecified atom stereocenters. The van der Waals surface area contributed by atoms with Gasteiger partial charge in [-0.15, -0.1) is 0 Å². The summed E-state index contributed by atoms with van der Waals surface area (Å²) in [5.41, 5.74) is 0. The average molecular weight is 109 g/mol. The molecule has 0 nitrogen and oxygen atoms in total. The second kappa shape index (κ2) is 2.12. The third-order valence-corrected chi connectivity index (χ3v) is 1.83. The number of rotatable bonds is 2. The van der Waals surface area contributed by atoms with E-state index >= 15 is 0 Å². The molecule has 0 aromatic heterocycles. The minimum absolute atomic E-state index is 0.890. The minimum atomic E-state index is 0.890. The van der Waals surface area contributed by atoms with Crippen molar-refractivity contribution in [1.82, 2.24) is 0 Å². The van der Waals surface area contributed by atoms with Crippen LogP contribution < -0.4 is 0 Å². The summed E-state index contributed by atoms with van der Waals surface area (Å²) in [4.78, 5) is 0. The van der Waals surface area contributed by atoms with Crippen LogP contribution >= 0.6 is 0 Å². The van der Waals surface area contributed by atoms with Crippen molar-refractivity contribution in [2.75, 3.05) is 0 Å². The quantitative estimate of drug-likeness (QED) is 0.477. The number of hydrogen-bond donors (Lipinski definition) is 0. The first-order chi connectivity index (χ1) is 3.70. The van der Waals surface area contributed by atoms with Gasteiger partial charge in [-0.25, -0.2) is 0 Å². The van der Waals surface area contributed by atoms with E-state index in [4.69, 9.17) is 0 Å². The van der Waals surface area contributed by atoms with Crippen LogP contribution in [0.25, 0.3) is 0 Å². The molecule has 0 spiro atoms. The zero-order valence-corrected chi connectivity index (χ0v) is 6.02. The van der Waals surface area contributed by atoms with Gasteiger partial charge in [-0.1, -0.05) is 38.8 Å². The summed E-state index contributed by atoms with van der Waals surface area (Å²) in [7, 11) is 2.43. The Labute approximate surface area is 52.9 Å². The molecule has 1 aliphatic rings. The molecule has 0 amide bonds. The SMILES string of the molecule is CC(C)CC1[B]C1C. The van der Waals surface area contributed by atoms with Crippen molar-refractivity contribution in [1.29, 1.82) is 0 Å². The molecule has 45 valence electrons. The maximum Gasteiger partial charge on any atom is 0.116 e. The molecule has 1 heteroatoms. The van der Waals surface area contributed by atoms with E-state index in [1.807, 2.05) is 0 Å². The van der Waals surface area contributed by atoms with Crippen LogP contribution in [-0.2, 0) is 0 Å². The third-order valence-electron chi connectivity index (χ3n) is 1.83. The smallest absolute Gasteiger partial charge is 0.0755 e. The molecule has 1 radical (unpaired) electrons. The van der Waals surface area contributed by atoms with Crippen molar-refractivity contribution in [3.63, 3.8) is 0 Å². The summed E-state index contributed by atoms with van der Waals surface area (Å²) in [6.07, 6.45) is 1.40. The Hall–Kier alpha value is 0.0649. The van der Waals surface area contributed by atoms with Crippen LogP contribution in [0.1, 0.15) is 27.2 Å². The zero-order chi connectivity index (χ0) is 6.15. The van der Waals surface area contributed by atoms with Crippen LogP contribution in [0.2, 0.25) is 11.6 Å². The zero-order valence-electron chi connectivity index (χ0n) is 6.02. The summed E-state index contributed by atoms with van der Waals surface area (Å²) in [5, 5.41) is 0. The first-order valence-electron chi connectivity index (χ1n) is 3.55. The summed E-state index contributed by atoms with van der Waals surface area (Å²) in [5.74, 6) is 2.79. The van der Waals surface area contributed by atoms with Crippen molar-refractivity contribution in [3.8, 4) is 0 Å². The molecule has 1 aliphatic heterocycles. The fourth-order valence-corrected chi connectivity index (χ4v) is 1.16. The first-order valence-corrected chi connectivity index (χ1v) is 3.55. The van der Waals surface area contributed by atoms with Gasteiger partial charge in [0.1, 0.15) is 7.28 Å². The normalized spacial score (nSPS) is 35.0. The summed E-state index contributed by atoms with van der Waals surface area (Å²) in [6.45, 7) is 6.88. The highest BCUT2D eigenvalue weighted by Crippen LogP contribution is 2.45. The standard InChI is InChI=1S/C7H14B/c1-5(2)4-7-6(3)8-7/h5-7H,4H2,1-3H3. The Morgan fingerprint density at radius 1 is 1.50 bits per heavy atom. The Morgan fingerprint density at radius 3 is 2.12 bits per heavy atom. The van der Waals surface area contributed by atoms with Gasteiger partial charge in [-0.2, -0.15) is 0 Å². The van der Waals surface area contributed by atoms with Gasteiger partial charge in [-0.05, 0) is 5.92 Å². The van der Waals surface area contributed by atoms with E-state index in [1.54, 1.807) is 0 Å². The Kier molecular flexibility index (Phi) is 1.64. The van der Waals surface area contributed by atoms with Gasteiger partial charge in [0.15, 0.2) is 0 Å². The summed E-state index contributed by atoms with van der Waals surface area (Å²) in [6, 6.07) is 0. The highest BCUT2D eigenvalue weighted by Gasteiger charge is 2.33. The maximum atomic E-state index is 2.43. The van der Waals surface area contributed by atoms with E-state index in [0.29, 0.717) is 0 Å². The van der Waals surface area contributed by atoms with Crippen LogP contribution in [0, 0.1) is 5.92 Å². The monoisotopic (exact) mass is 109 g/mol. The van der Waals surface area contributed by atoms with Gasteiger partial charge >= 0.3 is 0 Å². The first kappa shape index (κ1) is 6.19. The van der Waals surface area contributed by atoms with E-state index in [9.17, 15) is 0 Å². The van der Waals surface area contributed by atoms with E-state index in [2.05, 4.69) is 28.1 Å². The lowest BCUT2D eigenvalue weighted by atomic mass is 9.94. The fourth-order valence-electron chi connectivity index (χ4n) is 1.16. The van der Waals surface area contributed by atoms with Crippen LogP contribution in [0.5, 0.6) is 0 Å². The Bertz CT molecular complexity index is 78.5. The highest BCUT2D eigenvalue weighted by atomic mass is 14.2. The molecule has 0 N–H and O–H groups in total. The average Bonchev–Trinajstić information content (AvgIpc) is 2.17. The van der Waals surface area contributed by atoms with E-state index in [-0.39, 0.29) is 0 Å².